The summed E-state index contributed by atoms with van der Waals surface area (Å²) in [4.78, 5) is 10.8. The summed E-state index contributed by atoms with van der Waals surface area (Å²) < 4.78 is 14.2. The summed E-state index contributed by atoms with van der Waals surface area (Å²) in [6, 6.07) is 0. The Morgan fingerprint density at radius 3 is 2.31 bits per heavy atom. The largest absolute Gasteiger partial charge is 0.382 e. The maximum Gasteiger partial charge on any atom is 0.312 e. The second kappa shape index (κ2) is 6.71. The third-order valence-electron chi connectivity index (χ3n) is 1.56. The molecule has 0 amide bonds. The molecule has 90 valence electrons. The lowest BCUT2D eigenvalue weighted by Gasteiger charge is -1.94. The number of hydrogen-bond donors (Lipinski definition) is 1. The molecule has 0 atom stereocenters. The fraction of sp³-hybridized carbons (Fsp3) is 0.500. The zero-order valence-electron chi connectivity index (χ0n) is 10.3. The molecule has 0 aromatic carbocycles. The van der Waals surface area contributed by atoms with Gasteiger partial charge in [0.2, 0.25) is 0 Å². The zero-order valence-corrected chi connectivity index (χ0v) is 10.3. The Kier molecular flexibility index (Phi) is 5.99. The third kappa shape index (κ3) is 2.88. The highest BCUT2D eigenvalue weighted by atomic mass is 19.1. The van der Waals surface area contributed by atoms with E-state index in [0.717, 1.165) is 0 Å². The molecule has 0 radical (unpaired) electrons. The summed E-state index contributed by atoms with van der Waals surface area (Å²) in [5.74, 6) is 0.0677. The van der Waals surface area contributed by atoms with Crippen molar-refractivity contribution in [3.63, 3.8) is 0 Å². The Balaban J connectivity index is 0.000000509. The maximum atomic E-state index is 12.6. The molecule has 2 heterocycles. The number of aromatic nitrogens is 4. The Morgan fingerprint density at radius 1 is 1.19 bits per heavy atom. The van der Waals surface area contributed by atoms with E-state index in [1.807, 2.05) is 27.7 Å². The van der Waals surface area contributed by atoms with E-state index in [-0.39, 0.29) is 5.82 Å². The molecule has 5 nitrogen and oxygen atoms in total. The highest BCUT2D eigenvalue weighted by molar-refractivity contribution is 5.80. The first-order valence-electron chi connectivity index (χ1n) is 5.28. The molecular formula is C10H18FN5. The van der Waals surface area contributed by atoms with Gasteiger partial charge < -0.3 is 10.3 Å². The molecule has 0 bridgehead atoms. The number of anilines is 1. The van der Waals surface area contributed by atoms with E-state index in [9.17, 15) is 4.39 Å². The van der Waals surface area contributed by atoms with Crippen LogP contribution < -0.4 is 5.73 Å². The minimum absolute atomic E-state index is 0.0677. The predicted octanol–water partition coefficient (Wildman–Crippen LogP) is 2.14. The summed E-state index contributed by atoms with van der Waals surface area (Å²) in [5, 5.41) is 0. The van der Waals surface area contributed by atoms with Gasteiger partial charge in [0, 0.05) is 7.05 Å². The number of fused-ring (bicyclic) bond motifs is 1. The van der Waals surface area contributed by atoms with Crippen molar-refractivity contribution in [3.05, 3.63) is 12.4 Å². The summed E-state index contributed by atoms with van der Waals surface area (Å²) in [6.45, 7) is 8.00. The van der Waals surface area contributed by atoms with E-state index in [4.69, 9.17) is 5.73 Å². The van der Waals surface area contributed by atoms with Crippen molar-refractivity contribution in [3.8, 4) is 0 Å². The molecule has 2 rings (SSSR count). The highest BCUT2D eigenvalue weighted by Crippen LogP contribution is 2.13. The van der Waals surface area contributed by atoms with E-state index >= 15 is 0 Å². The van der Waals surface area contributed by atoms with Crippen LogP contribution in [0, 0.1) is 6.08 Å². The first-order chi connectivity index (χ1) is 7.68. The van der Waals surface area contributed by atoms with Crippen molar-refractivity contribution in [1.29, 1.82) is 0 Å². The third-order valence-corrected chi connectivity index (χ3v) is 1.56. The molecule has 0 aliphatic rings. The predicted molar refractivity (Wildman–Crippen MR) is 63.4 cm³/mol. The molecule has 0 aliphatic heterocycles. The van der Waals surface area contributed by atoms with E-state index in [2.05, 4.69) is 15.0 Å². The number of hydrogen-bond acceptors (Lipinski definition) is 4. The summed E-state index contributed by atoms with van der Waals surface area (Å²) in [7, 11) is 1.71. The van der Waals surface area contributed by atoms with Crippen LogP contribution in [0.3, 0.4) is 0 Å². The summed E-state index contributed by atoms with van der Waals surface area (Å²) in [6.07, 6.45) is 0.679. The number of nitrogen functional groups attached to an aromatic ring is 1. The minimum atomic E-state index is -0.830. The highest BCUT2D eigenvalue weighted by Gasteiger charge is 2.08. The van der Waals surface area contributed by atoms with Crippen LogP contribution in [0.15, 0.2) is 6.33 Å². The lowest BCUT2D eigenvalue weighted by atomic mass is 10.5. The molecular weight excluding hydrogens is 209 g/mol. The van der Waals surface area contributed by atoms with Gasteiger partial charge in [0.15, 0.2) is 11.5 Å². The number of aryl methyl sites for hydroxylation is 1. The monoisotopic (exact) mass is 227 g/mol. The van der Waals surface area contributed by atoms with Gasteiger partial charge >= 0.3 is 6.08 Å². The number of halogens is 1. The molecule has 6 heteroatoms. The van der Waals surface area contributed by atoms with Crippen LogP contribution in [0.4, 0.5) is 10.2 Å². The van der Waals surface area contributed by atoms with Crippen molar-refractivity contribution in [2.45, 2.75) is 27.7 Å². The lowest BCUT2D eigenvalue weighted by Crippen LogP contribution is -1.99. The van der Waals surface area contributed by atoms with Crippen LogP contribution in [-0.2, 0) is 7.05 Å². The molecule has 0 unspecified atom stereocenters. The van der Waals surface area contributed by atoms with Crippen LogP contribution in [0.5, 0.6) is 0 Å². The van der Waals surface area contributed by atoms with E-state index in [0.29, 0.717) is 11.2 Å². The Labute approximate surface area is 94.5 Å². The molecule has 0 saturated heterocycles. The quantitative estimate of drug-likeness (QED) is 0.700. The van der Waals surface area contributed by atoms with E-state index < -0.39 is 6.08 Å². The van der Waals surface area contributed by atoms with Gasteiger partial charge in [-0.15, -0.1) is 0 Å². The van der Waals surface area contributed by atoms with Crippen LogP contribution in [0.1, 0.15) is 27.7 Å². The van der Waals surface area contributed by atoms with Crippen molar-refractivity contribution < 1.29 is 4.39 Å². The lowest BCUT2D eigenvalue weighted by molar-refractivity contribution is 0.544. The van der Waals surface area contributed by atoms with Gasteiger partial charge in [0.1, 0.15) is 5.52 Å². The topological polar surface area (TPSA) is 69.6 Å². The zero-order chi connectivity index (χ0) is 12.7. The molecule has 0 saturated carbocycles. The fourth-order valence-corrected chi connectivity index (χ4v) is 1.00. The van der Waals surface area contributed by atoms with Crippen molar-refractivity contribution in [1.82, 2.24) is 19.5 Å². The maximum absolute atomic E-state index is 12.6. The first kappa shape index (κ1) is 14.3. The normalized spacial score (nSPS) is 8.88. The molecule has 2 N–H and O–H groups in total. The van der Waals surface area contributed by atoms with Gasteiger partial charge in [-0.1, -0.05) is 27.7 Å². The van der Waals surface area contributed by atoms with Crippen LogP contribution in [0.25, 0.3) is 11.2 Å². The van der Waals surface area contributed by atoms with Crippen LogP contribution in [-0.4, -0.2) is 19.5 Å². The fourth-order valence-electron chi connectivity index (χ4n) is 1.00. The summed E-state index contributed by atoms with van der Waals surface area (Å²) >= 11 is 0. The molecule has 0 aliphatic carbocycles. The molecule has 2 aromatic heterocycles. The average Bonchev–Trinajstić information content (AvgIpc) is 2.67. The number of rotatable bonds is 0. The van der Waals surface area contributed by atoms with E-state index in [1.54, 1.807) is 11.6 Å². The number of nitrogens with zero attached hydrogens (tertiary/aromatic N) is 4. The minimum Gasteiger partial charge on any atom is -0.382 e. The second-order valence-electron chi connectivity index (χ2n) is 2.41. The summed E-state index contributed by atoms with van der Waals surface area (Å²) in [5.41, 5.74) is 6.24. The molecule has 0 fully saturated rings. The van der Waals surface area contributed by atoms with Gasteiger partial charge in [0.05, 0.1) is 6.33 Å². The Bertz CT molecular complexity index is 438. The Hall–Kier alpha value is -1.72. The van der Waals surface area contributed by atoms with Crippen molar-refractivity contribution in [2.24, 2.45) is 7.05 Å². The van der Waals surface area contributed by atoms with E-state index in [1.165, 1.54) is 6.33 Å². The van der Waals surface area contributed by atoms with Gasteiger partial charge in [-0.05, 0) is 0 Å². The SMILES string of the molecule is CC.CC.Cn1cnc2c(N)nc(F)nc21. The van der Waals surface area contributed by atoms with Gasteiger partial charge in [0.25, 0.3) is 0 Å². The van der Waals surface area contributed by atoms with Gasteiger partial charge in [-0.3, -0.25) is 0 Å². The molecule has 0 spiro atoms. The number of nitrogens with two attached hydrogens (primary N) is 1. The first-order valence-corrected chi connectivity index (χ1v) is 5.28. The van der Waals surface area contributed by atoms with Crippen LogP contribution >= 0.6 is 0 Å². The van der Waals surface area contributed by atoms with Crippen molar-refractivity contribution >= 4 is 17.0 Å². The second-order valence-corrected chi connectivity index (χ2v) is 2.41. The van der Waals surface area contributed by atoms with Gasteiger partial charge in [-0.2, -0.15) is 14.4 Å². The smallest absolute Gasteiger partial charge is 0.312 e. The Morgan fingerprint density at radius 2 is 1.75 bits per heavy atom. The number of imidazole rings is 1. The average molecular weight is 227 g/mol. The van der Waals surface area contributed by atoms with Crippen molar-refractivity contribution in [2.75, 3.05) is 5.73 Å². The van der Waals surface area contributed by atoms with Gasteiger partial charge in [-0.25, -0.2) is 4.98 Å². The molecule has 2 aromatic rings. The van der Waals surface area contributed by atoms with Crippen LogP contribution in [0.2, 0.25) is 0 Å². The molecule has 16 heavy (non-hydrogen) atoms. The standard InChI is InChI=1S/C6H6FN5.2C2H6/c1-12-2-9-3-4(8)10-6(7)11-5(3)12;2*1-2/h2H,1H3,(H2,8,10,11);2*1-2H3.